The van der Waals surface area contributed by atoms with Gasteiger partial charge in [0.15, 0.2) is 6.61 Å². The molecule has 0 unspecified atom stereocenters. The van der Waals surface area contributed by atoms with Gasteiger partial charge in [0.05, 0.1) is 11.4 Å². The monoisotopic (exact) mass is 290 g/mol. The normalized spacial score (nSPS) is 10.1. The van der Waals surface area contributed by atoms with Crippen LogP contribution in [0, 0.1) is 6.92 Å². The maximum atomic E-state index is 11.8. The Morgan fingerprint density at radius 2 is 2.05 bits per heavy atom. The van der Waals surface area contributed by atoms with Crippen LogP contribution in [0.5, 0.6) is 5.75 Å². The standard InChI is InChI=1S/C15H15ClN2O2/c1-10-4-2-3-5-14(10)20-9-15(19)18-13-7-6-11(16)8-12(13)17/h2-8H,9,17H2,1H3,(H,18,19). The fraction of sp³-hybridized carbons (Fsp3) is 0.133. The Morgan fingerprint density at radius 1 is 1.30 bits per heavy atom. The van der Waals surface area contributed by atoms with E-state index in [2.05, 4.69) is 5.32 Å². The Hall–Kier alpha value is -2.20. The first-order valence-corrected chi connectivity index (χ1v) is 6.47. The number of nitrogens with one attached hydrogen (secondary N) is 1. The van der Waals surface area contributed by atoms with Crippen molar-refractivity contribution in [1.29, 1.82) is 0 Å². The molecular formula is C15H15ClN2O2. The van der Waals surface area contributed by atoms with Gasteiger partial charge in [-0.1, -0.05) is 29.8 Å². The molecule has 0 aliphatic heterocycles. The summed E-state index contributed by atoms with van der Waals surface area (Å²) in [5.41, 5.74) is 7.68. The molecule has 2 rings (SSSR count). The summed E-state index contributed by atoms with van der Waals surface area (Å²) in [6, 6.07) is 12.4. The van der Waals surface area contributed by atoms with Crippen LogP contribution in [0.3, 0.4) is 0 Å². The average molecular weight is 291 g/mol. The molecule has 0 spiro atoms. The predicted octanol–water partition coefficient (Wildman–Crippen LogP) is 3.25. The highest BCUT2D eigenvalue weighted by atomic mass is 35.5. The molecule has 4 nitrogen and oxygen atoms in total. The van der Waals surface area contributed by atoms with Crippen molar-refractivity contribution in [1.82, 2.24) is 0 Å². The molecule has 3 N–H and O–H groups in total. The summed E-state index contributed by atoms with van der Waals surface area (Å²) in [4.78, 5) is 11.8. The third-order valence-corrected chi connectivity index (χ3v) is 2.98. The van der Waals surface area contributed by atoms with Crippen molar-refractivity contribution in [2.45, 2.75) is 6.92 Å². The molecule has 0 saturated carbocycles. The van der Waals surface area contributed by atoms with Crippen molar-refractivity contribution in [3.8, 4) is 5.75 Å². The number of hydrogen-bond acceptors (Lipinski definition) is 3. The third kappa shape index (κ3) is 3.65. The Labute approximate surface area is 122 Å². The summed E-state index contributed by atoms with van der Waals surface area (Å²) < 4.78 is 5.46. The van der Waals surface area contributed by atoms with Crippen LogP contribution in [-0.4, -0.2) is 12.5 Å². The maximum Gasteiger partial charge on any atom is 0.262 e. The number of anilines is 2. The van der Waals surface area contributed by atoms with Gasteiger partial charge in [-0.15, -0.1) is 0 Å². The van der Waals surface area contributed by atoms with E-state index in [4.69, 9.17) is 22.1 Å². The molecular weight excluding hydrogens is 276 g/mol. The van der Waals surface area contributed by atoms with Gasteiger partial charge in [0.1, 0.15) is 5.75 Å². The molecule has 0 radical (unpaired) electrons. The molecule has 0 heterocycles. The number of aryl methyl sites for hydroxylation is 1. The molecule has 0 aliphatic rings. The van der Waals surface area contributed by atoms with E-state index in [1.165, 1.54) is 0 Å². The van der Waals surface area contributed by atoms with Crippen LogP contribution >= 0.6 is 11.6 Å². The summed E-state index contributed by atoms with van der Waals surface area (Å²) in [6.45, 7) is 1.84. The number of carbonyl (C=O) groups is 1. The van der Waals surface area contributed by atoms with Crippen molar-refractivity contribution >= 4 is 28.9 Å². The summed E-state index contributed by atoms with van der Waals surface area (Å²) in [5, 5.41) is 3.20. The van der Waals surface area contributed by atoms with E-state index in [0.29, 0.717) is 22.1 Å². The topological polar surface area (TPSA) is 64.3 Å². The molecule has 5 heteroatoms. The minimum Gasteiger partial charge on any atom is -0.483 e. The van der Waals surface area contributed by atoms with Gasteiger partial charge in [0, 0.05) is 5.02 Å². The van der Waals surface area contributed by atoms with Gasteiger partial charge in [-0.3, -0.25) is 4.79 Å². The smallest absolute Gasteiger partial charge is 0.262 e. The third-order valence-electron chi connectivity index (χ3n) is 2.74. The first-order chi connectivity index (χ1) is 9.56. The van der Waals surface area contributed by atoms with Gasteiger partial charge >= 0.3 is 0 Å². The number of amides is 1. The summed E-state index contributed by atoms with van der Waals surface area (Å²) in [6.07, 6.45) is 0. The molecule has 0 atom stereocenters. The number of hydrogen-bond donors (Lipinski definition) is 2. The second kappa shape index (κ2) is 6.30. The van der Waals surface area contributed by atoms with Gasteiger partial charge in [-0.05, 0) is 36.8 Å². The van der Waals surface area contributed by atoms with Gasteiger partial charge < -0.3 is 15.8 Å². The van der Waals surface area contributed by atoms with Gasteiger partial charge in [0.2, 0.25) is 0 Å². The maximum absolute atomic E-state index is 11.8. The average Bonchev–Trinajstić information content (AvgIpc) is 2.41. The zero-order valence-electron chi connectivity index (χ0n) is 11.0. The molecule has 20 heavy (non-hydrogen) atoms. The number of rotatable bonds is 4. The van der Waals surface area contributed by atoms with Crippen molar-refractivity contribution in [2.75, 3.05) is 17.7 Å². The molecule has 1 amide bonds. The number of nitrogens with two attached hydrogens (primary N) is 1. The molecule has 104 valence electrons. The second-order valence-electron chi connectivity index (χ2n) is 4.33. The lowest BCUT2D eigenvalue weighted by molar-refractivity contribution is -0.118. The van der Waals surface area contributed by atoms with E-state index >= 15 is 0 Å². The van der Waals surface area contributed by atoms with Crippen molar-refractivity contribution < 1.29 is 9.53 Å². The Morgan fingerprint density at radius 3 is 2.75 bits per heavy atom. The van der Waals surface area contributed by atoms with E-state index < -0.39 is 0 Å². The largest absolute Gasteiger partial charge is 0.483 e. The van der Waals surface area contributed by atoms with E-state index in [-0.39, 0.29) is 12.5 Å². The minimum atomic E-state index is -0.276. The highest BCUT2D eigenvalue weighted by molar-refractivity contribution is 6.31. The lowest BCUT2D eigenvalue weighted by Gasteiger charge is -2.10. The fourth-order valence-electron chi connectivity index (χ4n) is 1.70. The Bertz CT molecular complexity index is 629. The molecule has 0 fully saturated rings. The number of nitrogen functional groups attached to an aromatic ring is 1. The molecule has 2 aromatic carbocycles. The fourth-order valence-corrected chi connectivity index (χ4v) is 1.88. The van der Waals surface area contributed by atoms with Crippen LogP contribution in [0.2, 0.25) is 5.02 Å². The Balaban J connectivity index is 1.94. The summed E-state index contributed by atoms with van der Waals surface area (Å²) in [7, 11) is 0. The summed E-state index contributed by atoms with van der Waals surface area (Å²) >= 11 is 5.79. The van der Waals surface area contributed by atoms with E-state index in [9.17, 15) is 4.79 Å². The lowest BCUT2D eigenvalue weighted by atomic mass is 10.2. The number of carbonyl (C=O) groups excluding carboxylic acids is 1. The molecule has 2 aromatic rings. The van der Waals surface area contributed by atoms with Crippen LogP contribution in [0.4, 0.5) is 11.4 Å². The number of halogens is 1. The predicted molar refractivity (Wildman–Crippen MR) is 81.2 cm³/mol. The van der Waals surface area contributed by atoms with Gasteiger partial charge in [-0.2, -0.15) is 0 Å². The van der Waals surface area contributed by atoms with Crippen LogP contribution in [-0.2, 0) is 4.79 Å². The first-order valence-electron chi connectivity index (χ1n) is 6.09. The molecule has 0 aliphatic carbocycles. The van der Waals surface area contributed by atoms with Gasteiger partial charge in [0.25, 0.3) is 5.91 Å². The second-order valence-corrected chi connectivity index (χ2v) is 4.77. The van der Waals surface area contributed by atoms with E-state index in [0.717, 1.165) is 5.56 Å². The molecule has 0 bridgehead atoms. The molecule has 0 saturated heterocycles. The summed E-state index contributed by atoms with van der Waals surface area (Å²) in [5.74, 6) is 0.411. The van der Waals surface area contributed by atoms with Crippen LogP contribution in [0.25, 0.3) is 0 Å². The minimum absolute atomic E-state index is 0.0765. The van der Waals surface area contributed by atoms with Crippen molar-refractivity contribution in [3.63, 3.8) is 0 Å². The quantitative estimate of drug-likeness (QED) is 0.850. The van der Waals surface area contributed by atoms with E-state index in [1.54, 1.807) is 18.2 Å². The van der Waals surface area contributed by atoms with Crippen LogP contribution in [0.1, 0.15) is 5.56 Å². The lowest BCUT2D eigenvalue weighted by Crippen LogP contribution is -2.21. The van der Waals surface area contributed by atoms with Crippen molar-refractivity contribution in [3.05, 3.63) is 53.1 Å². The zero-order chi connectivity index (χ0) is 14.5. The Kier molecular flexibility index (Phi) is 4.48. The zero-order valence-corrected chi connectivity index (χ0v) is 11.8. The molecule has 0 aromatic heterocycles. The van der Waals surface area contributed by atoms with Gasteiger partial charge in [-0.25, -0.2) is 0 Å². The highest BCUT2D eigenvalue weighted by Gasteiger charge is 2.07. The number of benzene rings is 2. The SMILES string of the molecule is Cc1ccccc1OCC(=O)Nc1ccc(Cl)cc1N. The van der Waals surface area contributed by atoms with Crippen LogP contribution in [0.15, 0.2) is 42.5 Å². The highest BCUT2D eigenvalue weighted by Crippen LogP contribution is 2.22. The first kappa shape index (κ1) is 14.2. The van der Waals surface area contributed by atoms with Crippen LogP contribution < -0.4 is 15.8 Å². The number of ether oxygens (including phenoxy) is 1. The van der Waals surface area contributed by atoms with E-state index in [1.807, 2.05) is 31.2 Å². The van der Waals surface area contributed by atoms with Crippen molar-refractivity contribution in [2.24, 2.45) is 0 Å². The number of para-hydroxylation sites is 1.